The third kappa shape index (κ3) is 4.11. The standard InChI is InChI=1S/C19H23NO3/c1-3-13-6-9-18(23-2)17(11-13)16(12-20)10-14-4-7-15(8-5-14)19(21)22/h4-9,11,16H,3,10,12,20H2,1-2H3,(H,21,22). The molecular formula is C19H23NO3. The third-order valence-corrected chi connectivity index (χ3v) is 4.11. The highest BCUT2D eigenvalue weighted by molar-refractivity contribution is 5.87. The number of carboxylic acids is 1. The summed E-state index contributed by atoms with van der Waals surface area (Å²) in [5.41, 5.74) is 9.71. The molecule has 23 heavy (non-hydrogen) atoms. The average molecular weight is 313 g/mol. The van der Waals surface area contributed by atoms with Crippen molar-refractivity contribution in [3.05, 3.63) is 64.7 Å². The number of nitrogens with two attached hydrogens (primary N) is 1. The largest absolute Gasteiger partial charge is 0.496 e. The summed E-state index contributed by atoms with van der Waals surface area (Å²) in [6.45, 7) is 2.62. The van der Waals surface area contributed by atoms with Crippen molar-refractivity contribution in [1.82, 2.24) is 0 Å². The maximum atomic E-state index is 10.9. The van der Waals surface area contributed by atoms with Gasteiger partial charge in [-0.25, -0.2) is 4.79 Å². The number of aromatic carboxylic acids is 1. The molecule has 0 amide bonds. The van der Waals surface area contributed by atoms with E-state index in [1.165, 1.54) is 5.56 Å². The summed E-state index contributed by atoms with van der Waals surface area (Å²) in [4.78, 5) is 10.9. The molecule has 2 aromatic rings. The van der Waals surface area contributed by atoms with E-state index in [2.05, 4.69) is 19.1 Å². The van der Waals surface area contributed by atoms with Gasteiger partial charge in [0.1, 0.15) is 5.75 Å². The highest BCUT2D eigenvalue weighted by atomic mass is 16.5. The second-order valence-electron chi connectivity index (χ2n) is 5.57. The van der Waals surface area contributed by atoms with Gasteiger partial charge in [0.2, 0.25) is 0 Å². The molecule has 1 atom stereocenters. The smallest absolute Gasteiger partial charge is 0.335 e. The predicted octanol–water partition coefficient (Wildman–Crippen LogP) is 3.24. The fourth-order valence-corrected chi connectivity index (χ4v) is 2.71. The maximum absolute atomic E-state index is 10.9. The Bertz CT molecular complexity index is 665. The Balaban J connectivity index is 2.27. The van der Waals surface area contributed by atoms with Gasteiger partial charge in [-0.05, 0) is 54.3 Å². The van der Waals surface area contributed by atoms with Crippen LogP contribution < -0.4 is 10.5 Å². The highest BCUT2D eigenvalue weighted by Crippen LogP contribution is 2.30. The molecular weight excluding hydrogens is 290 g/mol. The zero-order valence-electron chi connectivity index (χ0n) is 13.6. The molecule has 0 saturated carbocycles. The number of carboxylic acid groups (broad SMARTS) is 1. The van der Waals surface area contributed by atoms with Crippen molar-refractivity contribution < 1.29 is 14.6 Å². The van der Waals surface area contributed by atoms with Crippen molar-refractivity contribution in [1.29, 1.82) is 0 Å². The molecule has 4 heteroatoms. The molecule has 0 aliphatic carbocycles. The van der Waals surface area contributed by atoms with Crippen LogP contribution in [0.15, 0.2) is 42.5 Å². The molecule has 4 nitrogen and oxygen atoms in total. The lowest BCUT2D eigenvalue weighted by atomic mass is 9.89. The summed E-state index contributed by atoms with van der Waals surface area (Å²) in [5.74, 6) is 0.0659. The molecule has 122 valence electrons. The van der Waals surface area contributed by atoms with Gasteiger partial charge in [0.25, 0.3) is 0 Å². The van der Waals surface area contributed by atoms with Gasteiger partial charge in [0, 0.05) is 5.92 Å². The molecule has 0 bridgehead atoms. The SMILES string of the molecule is CCc1ccc(OC)c(C(CN)Cc2ccc(C(=O)O)cc2)c1. The first-order valence-electron chi connectivity index (χ1n) is 7.78. The van der Waals surface area contributed by atoms with Gasteiger partial charge < -0.3 is 15.6 Å². The van der Waals surface area contributed by atoms with Crippen LogP contribution in [0.1, 0.15) is 39.9 Å². The number of benzene rings is 2. The molecule has 0 saturated heterocycles. The van der Waals surface area contributed by atoms with Crippen LogP contribution in [-0.2, 0) is 12.8 Å². The number of ether oxygens (including phenoxy) is 1. The quantitative estimate of drug-likeness (QED) is 0.823. The van der Waals surface area contributed by atoms with Gasteiger partial charge in [0.05, 0.1) is 12.7 Å². The second kappa shape index (κ2) is 7.79. The van der Waals surface area contributed by atoms with Crippen LogP contribution in [0.5, 0.6) is 5.75 Å². The Morgan fingerprint density at radius 1 is 1.17 bits per heavy atom. The Kier molecular flexibility index (Phi) is 5.77. The van der Waals surface area contributed by atoms with Crippen molar-refractivity contribution >= 4 is 5.97 Å². The van der Waals surface area contributed by atoms with E-state index in [0.29, 0.717) is 12.1 Å². The molecule has 0 spiro atoms. The van der Waals surface area contributed by atoms with Crippen molar-refractivity contribution in [2.75, 3.05) is 13.7 Å². The molecule has 0 aliphatic heterocycles. The average Bonchev–Trinajstić information content (AvgIpc) is 2.59. The van der Waals surface area contributed by atoms with E-state index in [4.69, 9.17) is 15.6 Å². The number of rotatable bonds is 7. The van der Waals surface area contributed by atoms with E-state index >= 15 is 0 Å². The van der Waals surface area contributed by atoms with E-state index in [9.17, 15) is 4.79 Å². The summed E-state index contributed by atoms with van der Waals surface area (Å²) < 4.78 is 5.48. The number of hydrogen-bond donors (Lipinski definition) is 2. The van der Waals surface area contributed by atoms with Crippen molar-refractivity contribution in [2.24, 2.45) is 5.73 Å². The van der Waals surface area contributed by atoms with E-state index in [-0.39, 0.29) is 5.92 Å². The lowest BCUT2D eigenvalue weighted by molar-refractivity contribution is 0.0697. The number of aryl methyl sites for hydroxylation is 1. The lowest BCUT2D eigenvalue weighted by Crippen LogP contribution is -2.16. The fourth-order valence-electron chi connectivity index (χ4n) is 2.71. The second-order valence-corrected chi connectivity index (χ2v) is 5.57. The van der Waals surface area contributed by atoms with Crippen molar-refractivity contribution in [2.45, 2.75) is 25.7 Å². The van der Waals surface area contributed by atoms with Crippen molar-refractivity contribution in [3.8, 4) is 5.75 Å². The van der Waals surface area contributed by atoms with Crippen molar-refractivity contribution in [3.63, 3.8) is 0 Å². The van der Waals surface area contributed by atoms with Gasteiger partial charge in [-0.3, -0.25) is 0 Å². The van der Waals surface area contributed by atoms with Gasteiger partial charge in [-0.2, -0.15) is 0 Å². The molecule has 0 heterocycles. The van der Waals surface area contributed by atoms with Gasteiger partial charge in [-0.1, -0.05) is 31.2 Å². The third-order valence-electron chi connectivity index (χ3n) is 4.11. The summed E-state index contributed by atoms with van der Waals surface area (Å²) >= 11 is 0. The maximum Gasteiger partial charge on any atom is 0.335 e. The molecule has 0 fully saturated rings. The minimum Gasteiger partial charge on any atom is -0.496 e. The summed E-state index contributed by atoms with van der Waals surface area (Å²) in [6, 6.07) is 13.2. The first-order valence-corrected chi connectivity index (χ1v) is 7.78. The monoisotopic (exact) mass is 313 g/mol. The Labute approximate surface area is 136 Å². The van der Waals surface area contributed by atoms with Gasteiger partial charge in [-0.15, -0.1) is 0 Å². The molecule has 2 aromatic carbocycles. The van der Waals surface area contributed by atoms with E-state index in [0.717, 1.165) is 29.7 Å². The Hall–Kier alpha value is -2.33. The summed E-state index contributed by atoms with van der Waals surface area (Å²) in [5, 5.41) is 8.97. The molecule has 0 aliphatic rings. The number of methoxy groups -OCH3 is 1. The molecule has 0 aromatic heterocycles. The molecule has 2 rings (SSSR count). The predicted molar refractivity (Wildman–Crippen MR) is 91.3 cm³/mol. The first-order chi connectivity index (χ1) is 11.1. The Morgan fingerprint density at radius 2 is 1.83 bits per heavy atom. The molecule has 3 N–H and O–H groups in total. The molecule has 0 radical (unpaired) electrons. The minimum absolute atomic E-state index is 0.132. The highest BCUT2D eigenvalue weighted by Gasteiger charge is 2.16. The van der Waals surface area contributed by atoms with E-state index in [1.54, 1.807) is 19.2 Å². The Morgan fingerprint density at radius 3 is 2.35 bits per heavy atom. The lowest BCUT2D eigenvalue weighted by Gasteiger charge is -2.19. The van der Waals surface area contributed by atoms with Crippen LogP contribution >= 0.6 is 0 Å². The van der Waals surface area contributed by atoms with Crippen LogP contribution in [0, 0.1) is 0 Å². The van der Waals surface area contributed by atoms with Crippen LogP contribution in [0.25, 0.3) is 0 Å². The van der Waals surface area contributed by atoms with E-state index < -0.39 is 5.97 Å². The van der Waals surface area contributed by atoms with Crippen LogP contribution in [-0.4, -0.2) is 24.7 Å². The molecule has 1 unspecified atom stereocenters. The zero-order valence-corrected chi connectivity index (χ0v) is 13.6. The first kappa shape index (κ1) is 17.0. The van der Waals surface area contributed by atoms with Crippen LogP contribution in [0.3, 0.4) is 0 Å². The normalized spacial score (nSPS) is 12.0. The van der Waals surface area contributed by atoms with Crippen LogP contribution in [0.2, 0.25) is 0 Å². The summed E-state index contributed by atoms with van der Waals surface area (Å²) in [7, 11) is 1.67. The zero-order chi connectivity index (χ0) is 16.8. The summed E-state index contributed by atoms with van der Waals surface area (Å²) in [6.07, 6.45) is 1.71. The number of hydrogen-bond acceptors (Lipinski definition) is 3. The van der Waals surface area contributed by atoms with E-state index in [1.807, 2.05) is 18.2 Å². The van der Waals surface area contributed by atoms with Gasteiger partial charge in [0.15, 0.2) is 0 Å². The topological polar surface area (TPSA) is 72.5 Å². The number of carbonyl (C=O) groups is 1. The van der Waals surface area contributed by atoms with Crippen LogP contribution in [0.4, 0.5) is 0 Å². The van der Waals surface area contributed by atoms with Gasteiger partial charge >= 0.3 is 5.97 Å². The minimum atomic E-state index is -0.913. The fraction of sp³-hybridized carbons (Fsp3) is 0.316.